The van der Waals surface area contributed by atoms with Crippen molar-refractivity contribution in [2.45, 2.75) is 6.23 Å². The second-order valence-corrected chi connectivity index (χ2v) is 5.37. The first kappa shape index (κ1) is 14.2. The van der Waals surface area contributed by atoms with Gasteiger partial charge in [0.05, 0.1) is 0 Å². The molecule has 6 heteroatoms. The van der Waals surface area contributed by atoms with Crippen LogP contribution in [-0.4, -0.2) is 21.2 Å². The molecule has 3 aromatic rings. The van der Waals surface area contributed by atoms with Crippen LogP contribution in [0.4, 0.5) is 5.82 Å². The Morgan fingerprint density at radius 1 is 1.00 bits per heavy atom. The number of hydrogen-bond acceptors (Lipinski definition) is 5. The van der Waals surface area contributed by atoms with Crippen LogP contribution in [0, 0.1) is 5.41 Å². The molecule has 1 unspecified atom stereocenters. The van der Waals surface area contributed by atoms with Crippen molar-refractivity contribution in [2.75, 3.05) is 5.73 Å². The van der Waals surface area contributed by atoms with E-state index in [1.54, 1.807) is 10.9 Å². The van der Waals surface area contributed by atoms with Crippen molar-refractivity contribution in [3.63, 3.8) is 0 Å². The van der Waals surface area contributed by atoms with Gasteiger partial charge >= 0.3 is 0 Å². The van der Waals surface area contributed by atoms with Crippen LogP contribution in [0.1, 0.15) is 17.5 Å². The van der Waals surface area contributed by atoms with Crippen LogP contribution < -0.4 is 5.73 Å². The van der Waals surface area contributed by atoms with Gasteiger partial charge in [0.2, 0.25) is 12.1 Å². The number of anilines is 1. The van der Waals surface area contributed by atoms with E-state index in [1.165, 1.54) is 0 Å². The SMILES string of the molecule is N=C1OC(c2ccccc2)N=C1c1ncn(-c2ccccc2)c1N. The number of rotatable bonds is 3. The van der Waals surface area contributed by atoms with Crippen LogP contribution in [0.15, 0.2) is 72.0 Å². The maximum Gasteiger partial charge on any atom is 0.236 e. The minimum absolute atomic E-state index is 0.0196. The number of aromatic nitrogens is 2. The maximum absolute atomic E-state index is 8.08. The van der Waals surface area contributed by atoms with Crippen molar-refractivity contribution in [3.8, 4) is 5.69 Å². The summed E-state index contributed by atoms with van der Waals surface area (Å²) in [4.78, 5) is 8.83. The van der Waals surface area contributed by atoms with Gasteiger partial charge < -0.3 is 10.5 Å². The fourth-order valence-corrected chi connectivity index (χ4v) is 2.63. The molecule has 0 radical (unpaired) electrons. The number of imidazole rings is 1. The highest BCUT2D eigenvalue weighted by molar-refractivity contribution is 6.45. The molecule has 2 aromatic carbocycles. The van der Waals surface area contributed by atoms with E-state index in [4.69, 9.17) is 15.9 Å². The predicted octanol–water partition coefficient (Wildman–Crippen LogP) is 2.95. The number of benzene rings is 2. The molecule has 4 rings (SSSR count). The van der Waals surface area contributed by atoms with E-state index in [2.05, 4.69) is 9.98 Å². The van der Waals surface area contributed by atoms with Gasteiger partial charge in [-0.25, -0.2) is 9.98 Å². The summed E-state index contributed by atoms with van der Waals surface area (Å²) in [6.45, 7) is 0. The van der Waals surface area contributed by atoms with Gasteiger partial charge in [-0.15, -0.1) is 0 Å². The van der Waals surface area contributed by atoms with E-state index < -0.39 is 6.23 Å². The number of nitrogens with one attached hydrogen (secondary N) is 1. The number of nitrogens with two attached hydrogens (primary N) is 1. The summed E-state index contributed by atoms with van der Waals surface area (Å²) >= 11 is 0. The molecule has 6 nitrogen and oxygen atoms in total. The molecule has 0 fully saturated rings. The van der Waals surface area contributed by atoms with Gasteiger partial charge in [0.25, 0.3) is 0 Å². The van der Waals surface area contributed by atoms with Crippen molar-refractivity contribution in [3.05, 3.63) is 78.2 Å². The standard InChI is InChI=1S/C18H15N5O/c19-16-14(21-11-23(16)13-9-5-2-6-10-13)15-17(20)24-18(22-15)12-7-3-1-4-8-12/h1-11,18,20H,19H2. The maximum atomic E-state index is 8.08. The van der Waals surface area contributed by atoms with Crippen LogP contribution >= 0.6 is 0 Å². The smallest absolute Gasteiger partial charge is 0.236 e. The van der Waals surface area contributed by atoms with Crippen LogP contribution in [0.2, 0.25) is 0 Å². The first-order chi connectivity index (χ1) is 11.7. The number of ether oxygens (including phenoxy) is 1. The molecular formula is C18H15N5O. The highest BCUT2D eigenvalue weighted by Crippen LogP contribution is 2.28. The van der Waals surface area contributed by atoms with E-state index in [0.717, 1.165) is 11.3 Å². The van der Waals surface area contributed by atoms with Crippen molar-refractivity contribution in [1.82, 2.24) is 9.55 Å². The zero-order valence-electron chi connectivity index (χ0n) is 12.8. The summed E-state index contributed by atoms with van der Waals surface area (Å²) in [7, 11) is 0. The van der Waals surface area contributed by atoms with Crippen LogP contribution in [0.5, 0.6) is 0 Å². The third kappa shape index (κ3) is 2.34. The van der Waals surface area contributed by atoms with E-state index >= 15 is 0 Å². The molecule has 0 saturated heterocycles. The second-order valence-electron chi connectivity index (χ2n) is 5.37. The number of hydrogen-bond donors (Lipinski definition) is 2. The topological polar surface area (TPSA) is 89.3 Å². The van der Waals surface area contributed by atoms with Gasteiger partial charge in [-0.1, -0.05) is 48.5 Å². The van der Waals surface area contributed by atoms with Gasteiger partial charge in [0, 0.05) is 11.3 Å². The van der Waals surface area contributed by atoms with Crippen LogP contribution in [0.25, 0.3) is 5.69 Å². The predicted molar refractivity (Wildman–Crippen MR) is 92.5 cm³/mol. The first-order valence-electron chi connectivity index (χ1n) is 7.51. The molecule has 2 heterocycles. The quantitative estimate of drug-likeness (QED) is 0.778. The largest absolute Gasteiger partial charge is 0.446 e. The Bertz CT molecular complexity index is 915. The molecule has 0 amide bonds. The summed E-state index contributed by atoms with van der Waals surface area (Å²) in [6, 6.07) is 19.2. The Morgan fingerprint density at radius 2 is 1.67 bits per heavy atom. The Kier molecular flexibility index (Phi) is 3.35. The van der Waals surface area contributed by atoms with Gasteiger partial charge in [0.15, 0.2) is 5.71 Å². The second kappa shape index (κ2) is 5.66. The minimum atomic E-state index is -0.532. The number of para-hydroxylation sites is 1. The summed E-state index contributed by atoms with van der Waals surface area (Å²) in [5.74, 6) is 0.413. The molecule has 1 aliphatic heterocycles. The summed E-state index contributed by atoms with van der Waals surface area (Å²) in [5.41, 5.74) is 8.85. The van der Waals surface area contributed by atoms with Crippen molar-refractivity contribution >= 4 is 17.4 Å². The van der Waals surface area contributed by atoms with E-state index in [1.807, 2.05) is 60.7 Å². The Morgan fingerprint density at radius 3 is 2.38 bits per heavy atom. The molecule has 24 heavy (non-hydrogen) atoms. The summed E-state index contributed by atoms with van der Waals surface area (Å²) < 4.78 is 7.32. The highest BCUT2D eigenvalue weighted by Gasteiger charge is 2.30. The van der Waals surface area contributed by atoms with E-state index in [0.29, 0.717) is 17.2 Å². The average Bonchev–Trinajstić information content (AvgIpc) is 3.19. The zero-order valence-corrected chi connectivity index (χ0v) is 12.8. The molecule has 0 bridgehead atoms. The lowest BCUT2D eigenvalue weighted by Gasteiger charge is -2.06. The monoisotopic (exact) mass is 317 g/mol. The molecule has 1 aromatic heterocycles. The minimum Gasteiger partial charge on any atom is -0.446 e. The Balaban J connectivity index is 1.72. The van der Waals surface area contributed by atoms with E-state index in [9.17, 15) is 0 Å². The number of nitrogens with zero attached hydrogens (tertiary/aromatic N) is 3. The zero-order chi connectivity index (χ0) is 16.5. The van der Waals surface area contributed by atoms with Gasteiger partial charge in [-0.3, -0.25) is 9.98 Å². The third-order valence-electron chi connectivity index (χ3n) is 3.84. The van der Waals surface area contributed by atoms with Crippen molar-refractivity contribution in [2.24, 2.45) is 4.99 Å². The first-order valence-corrected chi connectivity index (χ1v) is 7.51. The highest BCUT2D eigenvalue weighted by atomic mass is 16.5. The molecule has 3 N–H and O–H groups in total. The fourth-order valence-electron chi connectivity index (χ4n) is 2.63. The molecule has 0 aliphatic carbocycles. The molecule has 1 atom stereocenters. The van der Waals surface area contributed by atoms with Gasteiger partial charge in [0.1, 0.15) is 17.8 Å². The molecule has 0 spiro atoms. The fraction of sp³-hybridized carbons (Fsp3) is 0.0556. The Hall–Kier alpha value is -3.41. The normalized spacial score (nSPS) is 16.8. The van der Waals surface area contributed by atoms with E-state index in [-0.39, 0.29) is 5.90 Å². The molecule has 1 aliphatic rings. The van der Waals surface area contributed by atoms with Crippen molar-refractivity contribution < 1.29 is 4.74 Å². The summed E-state index contributed by atoms with van der Waals surface area (Å²) in [5, 5.41) is 8.08. The van der Waals surface area contributed by atoms with Crippen LogP contribution in [0.3, 0.4) is 0 Å². The number of aliphatic imine (C=N–C) groups is 1. The lowest BCUT2D eigenvalue weighted by Crippen LogP contribution is -2.14. The third-order valence-corrected chi connectivity index (χ3v) is 3.84. The van der Waals surface area contributed by atoms with Crippen LogP contribution in [-0.2, 0) is 4.74 Å². The van der Waals surface area contributed by atoms with Crippen molar-refractivity contribution in [1.29, 1.82) is 5.41 Å². The molecule has 118 valence electrons. The Labute approximate surface area is 138 Å². The average molecular weight is 317 g/mol. The summed E-state index contributed by atoms with van der Waals surface area (Å²) in [6.07, 6.45) is 1.10. The van der Waals surface area contributed by atoms with Gasteiger partial charge in [-0.2, -0.15) is 0 Å². The number of nitrogen functional groups attached to an aromatic ring is 1. The van der Waals surface area contributed by atoms with Gasteiger partial charge in [-0.05, 0) is 12.1 Å². The lowest BCUT2D eigenvalue weighted by atomic mass is 10.2. The molecule has 0 saturated carbocycles. The lowest BCUT2D eigenvalue weighted by molar-refractivity contribution is 0.219. The molecular weight excluding hydrogens is 302 g/mol.